The molecule has 6 nitrogen and oxygen atoms in total. The number of hydrogen-bond donors (Lipinski definition) is 2. The van der Waals surface area contributed by atoms with Gasteiger partial charge in [-0.1, -0.05) is 30.3 Å². The van der Waals surface area contributed by atoms with Gasteiger partial charge in [0.1, 0.15) is 6.04 Å². The van der Waals surface area contributed by atoms with Gasteiger partial charge in [0, 0.05) is 28.6 Å². The fourth-order valence-electron chi connectivity index (χ4n) is 3.91. The first-order chi connectivity index (χ1) is 13.2. The molecule has 2 unspecified atom stereocenters. The highest BCUT2D eigenvalue weighted by Gasteiger charge is 2.36. The van der Waals surface area contributed by atoms with Crippen molar-refractivity contribution in [3.63, 3.8) is 0 Å². The quantitative estimate of drug-likeness (QED) is 0.695. The number of fused-ring (bicyclic) bond motifs is 3. The maximum absolute atomic E-state index is 12.3. The van der Waals surface area contributed by atoms with Crippen LogP contribution in [0.5, 0.6) is 11.5 Å². The molecule has 0 fully saturated rings. The van der Waals surface area contributed by atoms with E-state index in [0.717, 1.165) is 27.7 Å². The van der Waals surface area contributed by atoms with Crippen LogP contribution in [0.15, 0.2) is 42.5 Å². The first-order valence-corrected chi connectivity index (χ1v) is 8.82. The van der Waals surface area contributed by atoms with Gasteiger partial charge >= 0.3 is 5.97 Å². The van der Waals surface area contributed by atoms with E-state index in [0.29, 0.717) is 17.9 Å². The summed E-state index contributed by atoms with van der Waals surface area (Å²) in [5, 5.41) is 4.54. The molecule has 0 saturated heterocycles. The van der Waals surface area contributed by atoms with Crippen LogP contribution in [-0.2, 0) is 16.0 Å². The van der Waals surface area contributed by atoms with Crippen molar-refractivity contribution in [1.82, 2.24) is 10.3 Å². The number of benzene rings is 2. The predicted molar refractivity (Wildman–Crippen MR) is 102 cm³/mol. The van der Waals surface area contributed by atoms with Gasteiger partial charge < -0.3 is 19.2 Å². The van der Waals surface area contributed by atoms with Crippen molar-refractivity contribution >= 4 is 16.9 Å². The van der Waals surface area contributed by atoms with E-state index in [1.807, 2.05) is 36.4 Å². The highest BCUT2D eigenvalue weighted by Crippen LogP contribution is 2.41. The Labute approximate surface area is 157 Å². The monoisotopic (exact) mass is 366 g/mol. The highest BCUT2D eigenvalue weighted by atomic mass is 16.5. The third kappa shape index (κ3) is 2.82. The van der Waals surface area contributed by atoms with Crippen LogP contribution in [0, 0.1) is 0 Å². The second-order valence-corrected chi connectivity index (χ2v) is 6.53. The number of rotatable bonds is 4. The van der Waals surface area contributed by atoms with Gasteiger partial charge in [0.2, 0.25) is 0 Å². The average molecular weight is 366 g/mol. The normalized spacial score (nSPS) is 18.8. The van der Waals surface area contributed by atoms with E-state index in [1.54, 1.807) is 14.2 Å². The Kier molecular flexibility index (Phi) is 4.49. The number of methoxy groups -OCH3 is 3. The second-order valence-electron chi connectivity index (χ2n) is 6.53. The SMILES string of the molecule is COC(=O)C1Cc2c([nH]c3ccccc23)C(c2cccc(OC)c2OC)N1. The molecule has 140 valence electrons. The number of nitrogens with one attached hydrogen (secondary N) is 2. The fraction of sp³-hybridized carbons (Fsp3) is 0.286. The smallest absolute Gasteiger partial charge is 0.323 e. The Morgan fingerprint density at radius 2 is 1.85 bits per heavy atom. The lowest BCUT2D eigenvalue weighted by Gasteiger charge is -2.31. The number of esters is 1. The molecule has 2 atom stereocenters. The first-order valence-electron chi connectivity index (χ1n) is 8.82. The molecule has 1 aliphatic rings. The molecule has 2 N–H and O–H groups in total. The number of hydrogen-bond acceptors (Lipinski definition) is 5. The van der Waals surface area contributed by atoms with Gasteiger partial charge in [-0.2, -0.15) is 0 Å². The van der Waals surface area contributed by atoms with Crippen molar-refractivity contribution in [2.75, 3.05) is 21.3 Å². The number of aromatic amines is 1. The number of para-hydroxylation sites is 2. The Bertz CT molecular complexity index is 995. The molecule has 3 aromatic rings. The summed E-state index contributed by atoms with van der Waals surface area (Å²) >= 11 is 0. The van der Waals surface area contributed by atoms with E-state index in [9.17, 15) is 4.79 Å². The minimum atomic E-state index is -0.442. The minimum absolute atomic E-state index is 0.254. The van der Waals surface area contributed by atoms with Crippen LogP contribution in [0.1, 0.15) is 22.9 Å². The number of carbonyl (C=O) groups is 1. The maximum Gasteiger partial charge on any atom is 0.323 e. The minimum Gasteiger partial charge on any atom is -0.493 e. The van der Waals surface area contributed by atoms with Crippen LogP contribution in [0.4, 0.5) is 0 Å². The topological polar surface area (TPSA) is 72.6 Å². The summed E-state index contributed by atoms with van der Waals surface area (Å²) in [6.07, 6.45) is 0.564. The summed E-state index contributed by atoms with van der Waals surface area (Å²) < 4.78 is 16.1. The Morgan fingerprint density at radius 3 is 2.59 bits per heavy atom. The van der Waals surface area contributed by atoms with Crippen LogP contribution >= 0.6 is 0 Å². The lowest BCUT2D eigenvalue weighted by Crippen LogP contribution is -2.45. The molecule has 2 heterocycles. The van der Waals surface area contributed by atoms with E-state index >= 15 is 0 Å². The molecule has 0 spiro atoms. The van der Waals surface area contributed by atoms with Crippen molar-refractivity contribution in [3.8, 4) is 11.5 Å². The van der Waals surface area contributed by atoms with Gasteiger partial charge in [-0.3, -0.25) is 10.1 Å². The van der Waals surface area contributed by atoms with Crippen molar-refractivity contribution in [2.45, 2.75) is 18.5 Å². The maximum atomic E-state index is 12.3. The Hall–Kier alpha value is -2.99. The first kappa shape index (κ1) is 17.4. The molecule has 1 aliphatic heterocycles. The van der Waals surface area contributed by atoms with Gasteiger partial charge in [0.15, 0.2) is 11.5 Å². The molecule has 6 heteroatoms. The average Bonchev–Trinajstić information content (AvgIpc) is 3.10. The summed E-state index contributed by atoms with van der Waals surface area (Å²) in [6.45, 7) is 0. The van der Waals surface area contributed by atoms with Crippen molar-refractivity contribution in [3.05, 3.63) is 59.3 Å². The summed E-state index contributed by atoms with van der Waals surface area (Å²) in [5.41, 5.74) is 4.09. The Balaban J connectivity index is 1.92. The zero-order chi connectivity index (χ0) is 19.0. The molecule has 0 aliphatic carbocycles. The highest BCUT2D eigenvalue weighted by molar-refractivity contribution is 5.87. The number of carbonyl (C=O) groups excluding carboxylic acids is 1. The van der Waals surface area contributed by atoms with E-state index in [1.165, 1.54) is 7.11 Å². The fourth-order valence-corrected chi connectivity index (χ4v) is 3.91. The lowest BCUT2D eigenvalue weighted by atomic mass is 9.90. The standard InChI is InChI=1S/C21H22N2O4/c1-25-17-10-6-8-13(20(17)26-2)18-19-14(11-16(23-18)21(24)27-3)12-7-4-5-9-15(12)22-19/h4-10,16,18,22-23H,11H2,1-3H3. The van der Waals surface area contributed by atoms with Crippen molar-refractivity contribution < 1.29 is 19.0 Å². The summed E-state index contributed by atoms with van der Waals surface area (Å²) in [7, 11) is 4.64. The molecule has 0 amide bonds. The second kappa shape index (κ2) is 6.96. The van der Waals surface area contributed by atoms with Crippen LogP contribution in [-0.4, -0.2) is 38.3 Å². The van der Waals surface area contributed by atoms with E-state index in [4.69, 9.17) is 14.2 Å². The van der Waals surface area contributed by atoms with Crippen molar-refractivity contribution in [1.29, 1.82) is 0 Å². The summed E-state index contributed by atoms with van der Waals surface area (Å²) in [6, 6.07) is 13.2. The molecule has 2 aromatic carbocycles. The summed E-state index contributed by atoms with van der Waals surface area (Å²) in [4.78, 5) is 15.9. The van der Waals surface area contributed by atoms with Gasteiger partial charge in [-0.05, 0) is 17.7 Å². The van der Waals surface area contributed by atoms with Crippen LogP contribution in [0.25, 0.3) is 10.9 Å². The molecule has 1 aromatic heterocycles. The van der Waals surface area contributed by atoms with Crippen LogP contribution in [0.3, 0.4) is 0 Å². The van der Waals surface area contributed by atoms with Gasteiger partial charge in [0.05, 0.1) is 27.4 Å². The van der Waals surface area contributed by atoms with E-state index in [-0.39, 0.29) is 12.0 Å². The Morgan fingerprint density at radius 1 is 1.04 bits per heavy atom. The number of aromatic nitrogens is 1. The summed E-state index contributed by atoms with van der Waals surface area (Å²) in [5.74, 6) is 1.01. The van der Waals surface area contributed by atoms with Crippen LogP contribution < -0.4 is 14.8 Å². The molecule has 0 radical (unpaired) electrons. The molecular formula is C21H22N2O4. The molecule has 4 rings (SSSR count). The number of ether oxygens (including phenoxy) is 3. The zero-order valence-corrected chi connectivity index (χ0v) is 15.5. The van der Waals surface area contributed by atoms with Gasteiger partial charge in [0.25, 0.3) is 0 Å². The molecular weight excluding hydrogens is 344 g/mol. The van der Waals surface area contributed by atoms with E-state index in [2.05, 4.69) is 16.4 Å². The third-order valence-electron chi connectivity index (χ3n) is 5.14. The van der Waals surface area contributed by atoms with Crippen molar-refractivity contribution in [2.24, 2.45) is 0 Å². The zero-order valence-electron chi connectivity index (χ0n) is 15.5. The molecule has 0 saturated carbocycles. The van der Waals surface area contributed by atoms with Crippen LogP contribution in [0.2, 0.25) is 0 Å². The molecule has 0 bridgehead atoms. The third-order valence-corrected chi connectivity index (χ3v) is 5.14. The lowest BCUT2D eigenvalue weighted by molar-refractivity contribution is -0.143. The van der Waals surface area contributed by atoms with Gasteiger partial charge in [-0.15, -0.1) is 0 Å². The molecule has 27 heavy (non-hydrogen) atoms. The van der Waals surface area contributed by atoms with E-state index < -0.39 is 6.04 Å². The largest absolute Gasteiger partial charge is 0.493 e. The van der Waals surface area contributed by atoms with Gasteiger partial charge in [-0.25, -0.2) is 0 Å². The predicted octanol–water partition coefficient (Wildman–Crippen LogP) is 2.96. The number of H-pyrrole nitrogens is 1.